The predicted octanol–water partition coefficient (Wildman–Crippen LogP) is 2.73. The molecule has 0 spiro atoms. The minimum Gasteiger partial charge on any atom is -0.495 e. The molecular weight excluding hydrogens is 124 g/mol. The standard InChI is InChI=1S/C9H16O/c1-6(2)9-7(3)5-8(4)10-9/h6,8H,5H2,1-4H3. The van der Waals surface area contributed by atoms with Crippen molar-refractivity contribution in [1.82, 2.24) is 0 Å². The normalized spacial score (nSPS) is 25.9. The van der Waals surface area contributed by atoms with Gasteiger partial charge in [0.25, 0.3) is 0 Å². The average molecular weight is 140 g/mol. The minimum atomic E-state index is 0.414. The van der Waals surface area contributed by atoms with Crippen molar-refractivity contribution in [3.8, 4) is 0 Å². The van der Waals surface area contributed by atoms with Gasteiger partial charge in [-0.1, -0.05) is 13.8 Å². The summed E-state index contributed by atoms with van der Waals surface area (Å²) in [4.78, 5) is 0. The summed E-state index contributed by atoms with van der Waals surface area (Å²) >= 11 is 0. The fourth-order valence-corrected chi connectivity index (χ4v) is 1.52. The van der Waals surface area contributed by atoms with Crippen LogP contribution in [-0.2, 0) is 4.74 Å². The third-order valence-corrected chi connectivity index (χ3v) is 1.87. The van der Waals surface area contributed by atoms with Crippen LogP contribution in [0.1, 0.15) is 34.1 Å². The molecule has 0 saturated carbocycles. The Morgan fingerprint density at radius 1 is 1.50 bits per heavy atom. The molecule has 0 aromatic carbocycles. The van der Waals surface area contributed by atoms with E-state index in [0.29, 0.717) is 12.0 Å². The van der Waals surface area contributed by atoms with Crippen molar-refractivity contribution in [2.45, 2.75) is 40.2 Å². The molecule has 10 heavy (non-hydrogen) atoms. The zero-order valence-corrected chi connectivity index (χ0v) is 7.27. The summed E-state index contributed by atoms with van der Waals surface area (Å²) in [7, 11) is 0. The molecule has 1 rings (SSSR count). The molecule has 0 aromatic rings. The Morgan fingerprint density at radius 2 is 2.10 bits per heavy atom. The van der Waals surface area contributed by atoms with Crippen molar-refractivity contribution < 1.29 is 4.74 Å². The number of rotatable bonds is 1. The average Bonchev–Trinajstić information content (AvgIpc) is 2.10. The van der Waals surface area contributed by atoms with Gasteiger partial charge in [-0.2, -0.15) is 0 Å². The van der Waals surface area contributed by atoms with E-state index in [1.165, 1.54) is 11.3 Å². The summed E-state index contributed by atoms with van der Waals surface area (Å²) in [5, 5.41) is 0. The van der Waals surface area contributed by atoms with Crippen LogP contribution in [0.2, 0.25) is 0 Å². The quantitative estimate of drug-likeness (QED) is 0.544. The third-order valence-electron chi connectivity index (χ3n) is 1.87. The first kappa shape index (κ1) is 7.64. The van der Waals surface area contributed by atoms with Gasteiger partial charge in [-0.05, 0) is 19.4 Å². The topological polar surface area (TPSA) is 9.23 Å². The molecule has 1 aliphatic heterocycles. The molecule has 1 aliphatic rings. The van der Waals surface area contributed by atoms with Gasteiger partial charge in [0.15, 0.2) is 0 Å². The van der Waals surface area contributed by atoms with Gasteiger partial charge in [-0.25, -0.2) is 0 Å². The smallest absolute Gasteiger partial charge is 0.0992 e. The van der Waals surface area contributed by atoms with E-state index in [1.807, 2.05) is 0 Å². The first-order valence-corrected chi connectivity index (χ1v) is 3.97. The molecule has 1 nitrogen and oxygen atoms in total. The van der Waals surface area contributed by atoms with Crippen molar-refractivity contribution >= 4 is 0 Å². The Morgan fingerprint density at radius 3 is 2.30 bits per heavy atom. The zero-order chi connectivity index (χ0) is 7.72. The van der Waals surface area contributed by atoms with Crippen LogP contribution in [-0.4, -0.2) is 6.10 Å². The number of allylic oxidation sites excluding steroid dienone is 1. The Labute approximate surface area is 63.1 Å². The molecule has 1 heteroatoms. The molecule has 0 amide bonds. The van der Waals surface area contributed by atoms with E-state index in [1.54, 1.807) is 0 Å². The van der Waals surface area contributed by atoms with Crippen molar-refractivity contribution in [3.05, 3.63) is 11.3 Å². The first-order valence-electron chi connectivity index (χ1n) is 3.97. The van der Waals surface area contributed by atoms with Gasteiger partial charge in [-0.3, -0.25) is 0 Å². The lowest BCUT2D eigenvalue weighted by molar-refractivity contribution is 0.140. The summed E-state index contributed by atoms with van der Waals surface area (Å²) in [6.45, 7) is 8.64. The molecule has 0 bridgehead atoms. The van der Waals surface area contributed by atoms with Crippen LogP contribution < -0.4 is 0 Å². The summed E-state index contributed by atoms with van der Waals surface area (Å²) in [6, 6.07) is 0. The molecular formula is C9H16O. The molecule has 0 aromatic heterocycles. The van der Waals surface area contributed by atoms with Gasteiger partial charge < -0.3 is 4.74 Å². The van der Waals surface area contributed by atoms with Crippen molar-refractivity contribution in [2.24, 2.45) is 5.92 Å². The van der Waals surface area contributed by atoms with E-state index in [0.717, 1.165) is 6.42 Å². The number of hydrogen-bond acceptors (Lipinski definition) is 1. The van der Waals surface area contributed by atoms with Gasteiger partial charge in [0.2, 0.25) is 0 Å². The summed E-state index contributed by atoms with van der Waals surface area (Å²) in [5.74, 6) is 1.78. The maximum atomic E-state index is 5.61. The highest BCUT2D eigenvalue weighted by Crippen LogP contribution is 2.28. The highest BCUT2D eigenvalue weighted by Gasteiger charge is 2.20. The Bertz CT molecular complexity index is 156. The van der Waals surface area contributed by atoms with E-state index in [9.17, 15) is 0 Å². The van der Waals surface area contributed by atoms with Crippen molar-refractivity contribution in [3.63, 3.8) is 0 Å². The molecule has 58 valence electrons. The van der Waals surface area contributed by atoms with Crippen LogP contribution in [0.5, 0.6) is 0 Å². The zero-order valence-electron chi connectivity index (χ0n) is 7.27. The minimum absolute atomic E-state index is 0.414. The highest BCUT2D eigenvalue weighted by atomic mass is 16.5. The Balaban J connectivity index is 2.66. The van der Waals surface area contributed by atoms with Crippen LogP contribution in [0.3, 0.4) is 0 Å². The summed E-state index contributed by atoms with van der Waals surface area (Å²) < 4.78 is 5.61. The Hall–Kier alpha value is -0.460. The van der Waals surface area contributed by atoms with Gasteiger partial charge in [0, 0.05) is 12.3 Å². The molecule has 1 atom stereocenters. The molecule has 0 N–H and O–H groups in total. The molecule has 0 saturated heterocycles. The monoisotopic (exact) mass is 140 g/mol. The van der Waals surface area contributed by atoms with E-state index in [4.69, 9.17) is 4.74 Å². The first-order chi connectivity index (χ1) is 4.61. The summed E-state index contributed by atoms with van der Waals surface area (Å²) in [5.41, 5.74) is 1.43. The third kappa shape index (κ3) is 1.34. The van der Waals surface area contributed by atoms with Gasteiger partial charge >= 0.3 is 0 Å². The van der Waals surface area contributed by atoms with Crippen LogP contribution in [0.15, 0.2) is 11.3 Å². The summed E-state index contributed by atoms with van der Waals surface area (Å²) in [6.07, 6.45) is 1.53. The Kier molecular flexibility index (Phi) is 2.02. The second kappa shape index (κ2) is 2.65. The number of hydrogen-bond donors (Lipinski definition) is 0. The molecule has 1 unspecified atom stereocenters. The van der Waals surface area contributed by atoms with Crippen molar-refractivity contribution in [2.75, 3.05) is 0 Å². The van der Waals surface area contributed by atoms with Crippen LogP contribution in [0, 0.1) is 5.92 Å². The highest BCUT2D eigenvalue weighted by molar-refractivity contribution is 5.13. The molecule has 0 fully saturated rings. The second-order valence-electron chi connectivity index (χ2n) is 3.43. The maximum Gasteiger partial charge on any atom is 0.0992 e. The lowest BCUT2D eigenvalue weighted by Gasteiger charge is -2.10. The van der Waals surface area contributed by atoms with E-state index in [-0.39, 0.29) is 0 Å². The van der Waals surface area contributed by atoms with E-state index < -0.39 is 0 Å². The maximum absolute atomic E-state index is 5.61. The lowest BCUT2D eigenvalue weighted by Crippen LogP contribution is -2.01. The van der Waals surface area contributed by atoms with Gasteiger partial charge in [0.1, 0.15) is 0 Å². The largest absolute Gasteiger partial charge is 0.495 e. The molecule has 0 aliphatic carbocycles. The number of ether oxygens (including phenoxy) is 1. The fraction of sp³-hybridized carbons (Fsp3) is 0.778. The van der Waals surface area contributed by atoms with E-state index >= 15 is 0 Å². The van der Waals surface area contributed by atoms with Crippen LogP contribution in [0.4, 0.5) is 0 Å². The van der Waals surface area contributed by atoms with Crippen LogP contribution in [0.25, 0.3) is 0 Å². The predicted molar refractivity (Wildman–Crippen MR) is 42.7 cm³/mol. The van der Waals surface area contributed by atoms with Gasteiger partial charge in [0.05, 0.1) is 11.9 Å². The fourth-order valence-electron chi connectivity index (χ4n) is 1.52. The molecule has 1 heterocycles. The molecule has 0 radical (unpaired) electrons. The van der Waals surface area contributed by atoms with Gasteiger partial charge in [-0.15, -0.1) is 0 Å². The second-order valence-corrected chi connectivity index (χ2v) is 3.43. The van der Waals surface area contributed by atoms with E-state index in [2.05, 4.69) is 27.7 Å². The SMILES string of the molecule is CC1=C(C(C)C)OC(C)C1. The van der Waals surface area contributed by atoms with Crippen molar-refractivity contribution in [1.29, 1.82) is 0 Å². The lowest BCUT2D eigenvalue weighted by atomic mass is 10.1. The van der Waals surface area contributed by atoms with Crippen LogP contribution >= 0.6 is 0 Å².